The number of pyridine rings is 1. The predicted molar refractivity (Wildman–Crippen MR) is 75.8 cm³/mol. The van der Waals surface area contributed by atoms with Crippen LogP contribution in [0.15, 0.2) is 18.3 Å². The number of nitrogens with two attached hydrogens (primary N) is 1. The number of hydrogen-bond acceptors (Lipinski definition) is 6. The van der Waals surface area contributed by atoms with Crippen molar-refractivity contribution in [1.29, 1.82) is 0 Å². The summed E-state index contributed by atoms with van der Waals surface area (Å²) in [6.45, 7) is 1.26. The Balaban J connectivity index is 2.28. The molecule has 0 radical (unpaired) electrons. The second-order valence-electron chi connectivity index (χ2n) is 4.83. The zero-order chi connectivity index (χ0) is 14.5. The van der Waals surface area contributed by atoms with Gasteiger partial charge in [0.05, 0.1) is 13.2 Å². The number of ether oxygens (including phenoxy) is 2. The van der Waals surface area contributed by atoms with Gasteiger partial charge in [0, 0.05) is 32.4 Å². The molecule has 1 saturated heterocycles. The van der Waals surface area contributed by atoms with E-state index in [9.17, 15) is 4.79 Å². The molecular formula is C14H21N3O3. The zero-order valence-corrected chi connectivity index (χ0v) is 11.9. The molecule has 0 aromatic carbocycles. The van der Waals surface area contributed by atoms with Crippen molar-refractivity contribution in [2.24, 2.45) is 5.73 Å². The van der Waals surface area contributed by atoms with Crippen LogP contribution in [0.3, 0.4) is 0 Å². The molecule has 6 nitrogen and oxygen atoms in total. The maximum atomic E-state index is 11.8. The SMILES string of the molecule is COC(=O)c1cccnc1N1CCC(OC)CC1CN. The number of aromatic nitrogens is 1. The van der Waals surface area contributed by atoms with Crippen molar-refractivity contribution < 1.29 is 14.3 Å². The minimum absolute atomic E-state index is 0.118. The zero-order valence-electron chi connectivity index (χ0n) is 11.9. The van der Waals surface area contributed by atoms with E-state index in [0.29, 0.717) is 17.9 Å². The van der Waals surface area contributed by atoms with Crippen LogP contribution in [0.25, 0.3) is 0 Å². The Morgan fingerprint density at radius 3 is 3.00 bits per heavy atom. The minimum Gasteiger partial charge on any atom is -0.465 e. The molecule has 2 N–H and O–H groups in total. The molecule has 2 heterocycles. The Kier molecular flexibility index (Phi) is 4.92. The van der Waals surface area contributed by atoms with E-state index >= 15 is 0 Å². The van der Waals surface area contributed by atoms with Crippen LogP contribution in [0.1, 0.15) is 23.2 Å². The van der Waals surface area contributed by atoms with Gasteiger partial charge in [-0.2, -0.15) is 0 Å². The molecule has 2 rings (SSSR count). The largest absolute Gasteiger partial charge is 0.465 e. The Morgan fingerprint density at radius 1 is 1.55 bits per heavy atom. The lowest BCUT2D eigenvalue weighted by Gasteiger charge is -2.39. The lowest BCUT2D eigenvalue weighted by molar-refractivity contribution is 0.0598. The predicted octanol–water partition coefficient (Wildman–Crippen LogP) is 0.811. The fourth-order valence-corrected chi connectivity index (χ4v) is 2.63. The summed E-state index contributed by atoms with van der Waals surface area (Å²) >= 11 is 0. The molecule has 1 fully saturated rings. The summed E-state index contributed by atoms with van der Waals surface area (Å²) < 4.78 is 10.2. The fourth-order valence-electron chi connectivity index (χ4n) is 2.63. The smallest absolute Gasteiger partial charge is 0.341 e. The summed E-state index contributed by atoms with van der Waals surface area (Å²) in [7, 11) is 3.09. The van der Waals surface area contributed by atoms with Crippen LogP contribution in [-0.2, 0) is 9.47 Å². The number of piperidine rings is 1. The van der Waals surface area contributed by atoms with Gasteiger partial charge >= 0.3 is 5.97 Å². The molecule has 2 atom stereocenters. The van der Waals surface area contributed by atoms with Gasteiger partial charge in [0.25, 0.3) is 0 Å². The second kappa shape index (κ2) is 6.67. The van der Waals surface area contributed by atoms with Crippen molar-refractivity contribution in [2.45, 2.75) is 25.0 Å². The van der Waals surface area contributed by atoms with Crippen molar-refractivity contribution in [3.63, 3.8) is 0 Å². The first-order chi connectivity index (χ1) is 9.71. The number of nitrogens with zero attached hydrogens (tertiary/aromatic N) is 2. The summed E-state index contributed by atoms with van der Waals surface area (Å²) in [5.41, 5.74) is 6.34. The topological polar surface area (TPSA) is 77.7 Å². The van der Waals surface area contributed by atoms with Crippen LogP contribution < -0.4 is 10.6 Å². The van der Waals surface area contributed by atoms with E-state index in [1.54, 1.807) is 25.4 Å². The minimum atomic E-state index is -0.377. The molecule has 0 bridgehead atoms. The van der Waals surface area contributed by atoms with Crippen LogP contribution in [0.4, 0.5) is 5.82 Å². The number of hydrogen-bond donors (Lipinski definition) is 1. The number of carbonyl (C=O) groups is 1. The summed E-state index contributed by atoms with van der Waals surface area (Å²) in [5, 5.41) is 0. The molecule has 2 unspecified atom stereocenters. The van der Waals surface area contributed by atoms with Crippen LogP contribution in [-0.4, -0.2) is 50.4 Å². The third-order valence-corrected chi connectivity index (χ3v) is 3.74. The van der Waals surface area contributed by atoms with Crippen LogP contribution >= 0.6 is 0 Å². The van der Waals surface area contributed by atoms with Crippen molar-refractivity contribution in [3.05, 3.63) is 23.9 Å². The fraction of sp³-hybridized carbons (Fsp3) is 0.571. The highest BCUT2D eigenvalue weighted by Crippen LogP contribution is 2.27. The highest BCUT2D eigenvalue weighted by molar-refractivity contribution is 5.94. The third-order valence-electron chi connectivity index (χ3n) is 3.74. The van der Waals surface area contributed by atoms with Crippen molar-refractivity contribution in [1.82, 2.24) is 4.98 Å². The average molecular weight is 279 g/mol. The van der Waals surface area contributed by atoms with E-state index in [-0.39, 0.29) is 18.1 Å². The number of anilines is 1. The third kappa shape index (κ3) is 2.91. The monoisotopic (exact) mass is 279 g/mol. The second-order valence-corrected chi connectivity index (χ2v) is 4.83. The van der Waals surface area contributed by atoms with Gasteiger partial charge in [0.1, 0.15) is 11.4 Å². The Bertz CT molecular complexity index is 467. The maximum absolute atomic E-state index is 11.8. The molecule has 20 heavy (non-hydrogen) atoms. The van der Waals surface area contributed by atoms with E-state index in [2.05, 4.69) is 9.88 Å². The Labute approximate surface area is 118 Å². The number of rotatable bonds is 4. The van der Waals surface area contributed by atoms with Crippen molar-refractivity contribution in [3.8, 4) is 0 Å². The van der Waals surface area contributed by atoms with E-state index in [0.717, 1.165) is 19.4 Å². The lowest BCUT2D eigenvalue weighted by Crippen LogP contribution is -2.49. The molecule has 0 spiro atoms. The molecule has 0 aliphatic carbocycles. The lowest BCUT2D eigenvalue weighted by atomic mass is 9.98. The van der Waals surface area contributed by atoms with Gasteiger partial charge in [-0.15, -0.1) is 0 Å². The summed E-state index contributed by atoms with van der Waals surface area (Å²) in [6, 6.07) is 3.58. The van der Waals surface area contributed by atoms with Crippen molar-refractivity contribution >= 4 is 11.8 Å². The van der Waals surface area contributed by atoms with E-state index in [4.69, 9.17) is 15.2 Å². The first-order valence-corrected chi connectivity index (χ1v) is 6.74. The van der Waals surface area contributed by atoms with E-state index in [1.165, 1.54) is 7.11 Å². The van der Waals surface area contributed by atoms with Crippen LogP contribution in [0, 0.1) is 0 Å². The molecule has 1 aliphatic rings. The van der Waals surface area contributed by atoms with Gasteiger partial charge in [-0.3, -0.25) is 0 Å². The van der Waals surface area contributed by atoms with E-state index in [1.807, 2.05) is 0 Å². The molecule has 110 valence electrons. The van der Waals surface area contributed by atoms with Gasteiger partial charge in [-0.05, 0) is 25.0 Å². The molecular weight excluding hydrogens is 258 g/mol. The normalized spacial score (nSPS) is 22.6. The summed E-state index contributed by atoms with van der Waals surface area (Å²) in [6.07, 6.45) is 3.62. The number of methoxy groups -OCH3 is 2. The van der Waals surface area contributed by atoms with Gasteiger partial charge in [-0.1, -0.05) is 0 Å². The standard InChI is InChI=1S/C14H21N3O3/c1-19-11-5-7-17(10(8-11)9-15)13-12(14(18)20-2)4-3-6-16-13/h3-4,6,10-11H,5,7-9,15H2,1-2H3. The number of esters is 1. The van der Waals surface area contributed by atoms with Gasteiger partial charge in [-0.25, -0.2) is 9.78 Å². The quantitative estimate of drug-likeness (QED) is 0.822. The molecule has 1 aromatic rings. The highest BCUT2D eigenvalue weighted by Gasteiger charge is 2.30. The highest BCUT2D eigenvalue weighted by atomic mass is 16.5. The van der Waals surface area contributed by atoms with Crippen molar-refractivity contribution in [2.75, 3.05) is 32.2 Å². The summed E-state index contributed by atoms with van der Waals surface area (Å²) in [5.74, 6) is 0.266. The van der Waals surface area contributed by atoms with Gasteiger partial charge < -0.3 is 20.1 Å². The van der Waals surface area contributed by atoms with Gasteiger partial charge in [0.15, 0.2) is 0 Å². The average Bonchev–Trinajstić information content (AvgIpc) is 2.53. The first-order valence-electron chi connectivity index (χ1n) is 6.74. The number of carbonyl (C=O) groups excluding carboxylic acids is 1. The Hall–Kier alpha value is -1.66. The summed E-state index contributed by atoms with van der Waals surface area (Å²) in [4.78, 5) is 18.3. The maximum Gasteiger partial charge on any atom is 0.341 e. The first kappa shape index (κ1) is 14.7. The van der Waals surface area contributed by atoms with Crippen LogP contribution in [0.5, 0.6) is 0 Å². The molecule has 0 saturated carbocycles. The molecule has 1 aromatic heterocycles. The van der Waals surface area contributed by atoms with E-state index < -0.39 is 0 Å². The molecule has 1 aliphatic heterocycles. The van der Waals surface area contributed by atoms with Crippen LogP contribution in [0.2, 0.25) is 0 Å². The molecule has 6 heteroatoms. The Morgan fingerprint density at radius 2 is 2.35 bits per heavy atom. The molecule has 0 amide bonds. The van der Waals surface area contributed by atoms with Gasteiger partial charge in [0.2, 0.25) is 0 Å².